The summed E-state index contributed by atoms with van der Waals surface area (Å²) in [5.41, 5.74) is 0. The minimum Gasteiger partial charge on any atom is -0.479 e. The molecule has 116 valence electrons. The second-order valence-electron chi connectivity index (χ2n) is 4.43. The average Bonchev–Trinajstić information content (AvgIpc) is 2.80. The zero-order valence-corrected chi connectivity index (χ0v) is 11.6. The van der Waals surface area contributed by atoms with E-state index in [2.05, 4.69) is 36.2 Å². The minimum absolute atomic E-state index is 1.07. The van der Waals surface area contributed by atoms with Gasteiger partial charge in [0.1, 0.15) is 0 Å². The first-order valence-electron chi connectivity index (χ1n) is 6.24. The molecule has 8 heteroatoms. The maximum absolute atomic E-state index is 9.77. The topological polar surface area (TPSA) is 122 Å². The van der Waals surface area contributed by atoms with Crippen LogP contribution in [0.4, 0.5) is 0 Å². The zero-order valence-electron chi connectivity index (χ0n) is 11.6. The second kappa shape index (κ2) is 9.16. The molecule has 1 heterocycles. The number of rotatable bonds is 6. The maximum Gasteiger partial charge on any atom is 0.335 e. The van der Waals surface area contributed by atoms with Crippen molar-refractivity contribution in [3.63, 3.8) is 0 Å². The van der Waals surface area contributed by atoms with E-state index >= 15 is 0 Å². The highest BCUT2D eigenvalue weighted by molar-refractivity contribution is 5.83. The van der Waals surface area contributed by atoms with Crippen molar-refractivity contribution in [1.82, 2.24) is 9.80 Å². The van der Waals surface area contributed by atoms with Gasteiger partial charge in [0.25, 0.3) is 0 Å². The highest BCUT2D eigenvalue weighted by atomic mass is 16.4. The van der Waals surface area contributed by atoms with Crippen LogP contribution in [0.25, 0.3) is 0 Å². The van der Waals surface area contributed by atoms with Crippen LogP contribution in [-0.2, 0) is 9.59 Å². The molecule has 0 aliphatic carbocycles. The molecule has 1 rings (SSSR count). The Bertz CT molecular complexity index is 329. The maximum atomic E-state index is 9.77. The van der Waals surface area contributed by atoms with E-state index in [0.717, 1.165) is 6.67 Å². The number of hydrogen-bond donors (Lipinski definition) is 4. The van der Waals surface area contributed by atoms with Crippen molar-refractivity contribution in [2.24, 2.45) is 0 Å². The number of unbranched alkanes of at least 4 members (excludes halogenated alkanes) is 1. The predicted molar refractivity (Wildman–Crippen MR) is 70.7 cm³/mol. The Balaban J connectivity index is 0.000000361. The van der Waals surface area contributed by atoms with E-state index in [1.807, 2.05) is 0 Å². The molecule has 1 aliphatic rings. The smallest absolute Gasteiger partial charge is 0.335 e. The molecule has 20 heavy (non-hydrogen) atoms. The molecule has 0 amide bonds. The largest absolute Gasteiger partial charge is 0.479 e. The zero-order chi connectivity index (χ0) is 15.7. The van der Waals surface area contributed by atoms with Crippen molar-refractivity contribution in [3.05, 3.63) is 12.4 Å². The number of aliphatic hydroxyl groups excluding tert-OH is 2. The summed E-state index contributed by atoms with van der Waals surface area (Å²) in [6.07, 6.45) is 2.34. The molecule has 0 spiro atoms. The van der Waals surface area contributed by atoms with Gasteiger partial charge in [-0.1, -0.05) is 13.3 Å². The van der Waals surface area contributed by atoms with E-state index in [0.29, 0.717) is 0 Å². The fourth-order valence-corrected chi connectivity index (χ4v) is 1.37. The van der Waals surface area contributed by atoms with Gasteiger partial charge in [0.05, 0.1) is 6.67 Å². The van der Waals surface area contributed by atoms with Gasteiger partial charge >= 0.3 is 11.9 Å². The molecule has 0 aromatic heterocycles. The summed E-state index contributed by atoms with van der Waals surface area (Å²) in [4.78, 5) is 24.1. The third-order valence-corrected chi connectivity index (χ3v) is 2.54. The van der Waals surface area contributed by atoms with Gasteiger partial charge in [0.15, 0.2) is 12.2 Å². The van der Waals surface area contributed by atoms with Crippen molar-refractivity contribution in [1.29, 1.82) is 0 Å². The van der Waals surface area contributed by atoms with Crippen LogP contribution < -0.4 is 0 Å². The molecule has 1 aliphatic heterocycles. The first-order valence-corrected chi connectivity index (χ1v) is 6.24. The van der Waals surface area contributed by atoms with Gasteiger partial charge in [-0.3, -0.25) is 0 Å². The lowest BCUT2D eigenvalue weighted by Crippen LogP contribution is -2.39. The molecule has 0 saturated carbocycles. The summed E-state index contributed by atoms with van der Waals surface area (Å²) in [5.74, 6) is -3.54. The molecular formula is C12H22N2O6. The second-order valence-corrected chi connectivity index (χ2v) is 4.43. The lowest BCUT2D eigenvalue weighted by molar-refractivity contribution is -0.165. The van der Waals surface area contributed by atoms with Gasteiger partial charge < -0.3 is 30.2 Å². The van der Waals surface area contributed by atoms with E-state index in [1.165, 1.54) is 19.4 Å². The molecule has 4 N–H and O–H groups in total. The van der Waals surface area contributed by atoms with Gasteiger partial charge in [-0.05, 0) is 6.42 Å². The van der Waals surface area contributed by atoms with E-state index < -0.39 is 24.1 Å². The highest BCUT2D eigenvalue weighted by Gasteiger charge is 2.29. The Morgan fingerprint density at radius 2 is 1.65 bits per heavy atom. The van der Waals surface area contributed by atoms with Crippen LogP contribution >= 0.6 is 0 Å². The normalized spacial score (nSPS) is 16.4. The van der Waals surface area contributed by atoms with Crippen LogP contribution in [0.3, 0.4) is 0 Å². The molecule has 2 atom stereocenters. The monoisotopic (exact) mass is 290 g/mol. The van der Waals surface area contributed by atoms with Crippen molar-refractivity contribution in [2.75, 3.05) is 20.3 Å². The van der Waals surface area contributed by atoms with Crippen molar-refractivity contribution < 1.29 is 30.0 Å². The van der Waals surface area contributed by atoms with E-state index in [-0.39, 0.29) is 0 Å². The number of carboxylic acid groups (broad SMARTS) is 2. The number of carbonyl (C=O) groups is 2. The fraction of sp³-hybridized carbons (Fsp3) is 0.667. The minimum atomic E-state index is -2.27. The average molecular weight is 290 g/mol. The Labute approximate surface area is 117 Å². The summed E-state index contributed by atoms with van der Waals surface area (Å²) in [5, 5.41) is 32.5. The van der Waals surface area contributed by atoms with Crippen LogP contribution in [0.15, 0.2) is 12.4 Å². The standard InChI is InChI=1S/C8H16N2.C4H6O6/c1-3-4-5-10-7-6-9(2)8-10;5-1(3(7)8)2(6)4(9)10/h6-7H,3-5,8H2,1-2H3;1-2,5-6H,(H,7,8)(H,9,10)/t;1-,2-/m.1/s1. The van der Waals surface area contributed by atoms with E-state index in [1.54, 1.807) is 0 Å². The molecule has 0 unspecified atom stereocenters. The van der Waals surface area contributed by atoms with Crippen LogP contribution in [0.5, 0.6) is 0 Å². The van der Waals surface area contributed by atoms with Crippen molar-refractivity contribution in [2.45, 2.75) is 32.0 Å². The van der Waals surface area contributed by atoms with Crippen LogP contribution in [0.1, 0.15) is 19.8 Å². The lowest BCUT2D eigenvalue weighted by atomic mass is 10.2. The Morgan fingerprint density at radius 3 is 1.95 bits per heavy atom. The molecule has 0 fully saturated rings. The summed E-state index contributed by atoms with van der Waals surface area (Å²) < 4.78 is 0. The quantitative estimate of drug-likeness (QED) is 0.508. The number of nitrogens with zero attached hydrogens (tertiary/aromatic N) is 2. The molecule has 0 aromatic rings. The SMILES string of the molecule is CCCCN1C=CN(C)C1.O=C(O)[C@H](O)[C@@H](O)C(=O)O. The number of aliphatic hydroxyl groups is 2. The van der Waals surface area contributed by atoms with Gasteiger partial charge in [0.2, 0.25) is 0 Å². The number of aliphatic carboxylic acids is 2. The van der Waals surface area contributed by atoms with E-state index in [9.17, 15) is 9.59 Å². The van der Waals surface area contributed by atoms with Gasteiger partial charge in [0, 0.05) is 26.0 Å². The first kappa shape index (κ1) is 18.2. The van der Waals surface area contributed by atoms with Gasteiger partial charge in [-0.2, -0.15) is 0 Å². The summed E-state index contributed by atoms with van der Waals surface area (Å²) in [6.45, 7) is 4.50. The third-order valence-electron chi connectivity index (χ3n) is 2.54. The van der Waals surface area contributed by atoms with Crippen molar-refractivity contribution >= 4 is 11.9 Å². The molecule has 8 nitrogen and oxygen atoms in total. The first-order chi connectivity index (χ1) is 9.29. The lowest BCUT2D eigenvalue weighted by Gasteiger charge is -2.17. The van der Waals surface area contributed by atoms with Gasteiger partial charge in [-0.25, -0.2) is 9.59 Å². The Hall–Kier alpha value is -1.80. The molecular weight excluding hydrogens is 268 g/mol. The predicted octanol–water partition coefficient (Wildman–Crippen LogP) is -0.660. The van der Waals surface area contributed by atoms with E-state index in [4.69, 9.17) is 20.4 Å². The van der Waals surface area contributed by atoms with Gasteiger partial charge in [-0.15, -0.1) is 0 Å². The van der Waals surface area contributed by atoms with Crippen molar-refractivity contribution in [3.8, 4) is 0 Å². The summed E-state index contributed by atoms with van der Waals surface area (Å²) in [7, 11) is 2.10. The number of carboxylic acids is 2. The summed E-state index contributed by atoms with van der Waals surface area (Å²) in [6, 6.07) is 0. The molecule has 0 bridgehead atoms. The Morgan fingerprint density at radius 1 is 1.15 bits per heavy atom. The Kier molecular flexibility index (Phi) is 8.33. The molecule has 0 radical (unpaired) electrons. The molecule has 0 saturated heterocycles. The molecule has 0 aromatic carbocycles. The fourth-order valence-electron chi connectivity index (χ4n) is 1.37. The highest BCUT2D eigenvalue weighted by Crippen LogP contribution is 2.04. The number of hydrogen-bond acceptors (Lipinski definition) is 6. The van der Waals surface area contributed by atoms with Crippen LogP contribution in [0.2, 0.25) is 0 Å². The third kappa shape index (κ3) is 6.95. The van der Waals surface area contributed by atoms with Crippen LogP contribution in [-0.4, -0.2) is 74.6 Å². The van der Waals surface area contributed by atoms with Crippen LogP contribution in [0, 0.1) is 0 Å². The summed E-state index contributed by atoms with van der Waals surface area (Å²) >= 11 is 0.